The van der Waals surface area contributed by atoms with Crippen LogP contribution in [0.2, 0.25) is 0 Å². The molecule has 0 fully saturated rings. The summed E-state index contributed by atoms with van der Waals surface area (Å²) >= 11 is 0. The maximum Gasteiger partial charge on any atom is 0.327 e. The molecule has 0 aliphatic rings. The van der Waals surface area contributed by atoms with Crippen LogP contribution in [-0.4, -0.2) is 36.3 Å². The molecule has 112 valence electrons. The first-order chi connectivity index (χ1) is 9.92. The fraction of sp³-hybridized carbons (Fsp3) is 0.182. The quantitative estimate of drug-likeness (QED) is 0.801. The normalized spacial score (nSPS) is 11.1. The van der Waals surface area contributed by atoms with E-state index in [1.807, 2.05) is 0 Å². The average molecular weight is 314 g/mol. The van der Waals surface area contributed by atoms with Crippen LogP contribution in [0.1, 0.15) is 0 Å². The summed E-state index contributed by atoms with van der Waals surface area (Å²) in [4.78, 5) is 14.5. The molecule has 0 unspecified atom stereocenters. The standard InChI is InChI=1S/C11H11FN4O4S/c1-20-10(17)7-16-6-8(5-14-16)15-21(18,19)11-9(12)3-2-4-13-11/h2-6,15H,7H2,1H3. The van der Waals surface area contributed by atoms with Gasteiger partial charge in [-0.3, -0.25) is 14.2 Å². The van der Waals surface area contributed by atoms with Gasteiger partial charge in [-0.25, -0.2) is 9.37 Å². The second-order valence-electron chi connectivity index (χ2n) is 3.90. The van der Waals surface area contributed by atoms with Gasteiger partial charge >= 0.3 is 5.97 Å². The molecule has 0 saturated carbocycles. The lowest BCUT2D eigenvalue weighted by atomic mass is 10.5. The molecule has 2 heterocycles. The van der Waals surface area contributed by atoms with E-state index in [9.17, 15) is 17.6 Å². The fourth-order valence-electron chi connectivity index (χ4n) is 1.47. The Morgan fingerprint density at radius 1 is 1.52 bits per heavy atom. The molecule has 0 amide bonds. The number of halogens is 1. The van der Waals surface area contributed by atoms with Crippen molar-refractivity contribution in [3.8, 4) is 0 Å². The van der Waals surface area contributed by atoms with Crippen molar-refractivity contribution in [1.82, 2.24) is 14.8 Å². The highest BCUT2D eigenvalue weighted by Crippen LogP contribution is 2.15. The van der Waals surface area contributed by atoms with Crippen molar-refractivity contribution >= 4 is 21.7 Å². The molecule has 21 heavy (non-hydrogen) atoms. The topological polar surface area (TPSA) is 103 Å². The zero-order valence-electron chi connectivity index (χ0n) is 10.9. The van der Waals surface area contributed by atoms with Crippen molar-refractivity contribution in [2.24, 2.45) is 0 Å². The zero-order valence-corrected chi connectivity index (χ0v) is 11.7. The van der Waals surface area contributed by atoms with Gasteiger partial charge in [0.25, 0.3) is 10.0 Å². The fourth-order valence-corrected chi connectivity index (χ4v) is 2.51. The van der Waals surface area contributed by atoms with Crippen molar-refractivity contribution in [2.75, 3.05) is 11.8 Å². The minimum atomic E-state index is -4.17. The predicted octanol–water partition coefficient (Wildman–Crippen LogP) is 0.391. The van der Waals surface area contributed by atoms with Crippen LogP contribution in [0.25, 0.3) is 0 Å². The summed E-state index contributed by atoms with van der Waals surface area (Å²) in [7, 11) is -2.95. The number of nitrogens with zero attached hydrogens (tertiary/aromatic N) is 3. The smallest absolute Gasteiger partial charge is 0.327 e. The molecule has 2 aromatic rings. The third kappa shape index (κ3) is 3.54. The molecule has 0 atom stereocenters. The molecule has 0 aromatic carbocycles. The number of hydrogen-bond donors (Lipinski definition) is 1. The minimum absolute atomic E-state index is 0.0731. The molecule has 10 heteroatoms. The lowest BCUT2D eigenvalue weighted by Crippen LogP contribution is -2.16. The van der Waals surface area contributed by atoms with Gasteiger partial charge in [-0.2, -0.15) is 13.5 Å². The zero-order chi connectivity index (χ0) is 15.5. The summed E-state index contributed by atoms with van der Waals surface area (Å²) < 4.78 is 45.1. The van der Waals surface area contributed by atoms with Crippen molar-refractivity contribution in [2.45, 2.75) is 11.6 Å². The number of hydrogen-bond acceptors (Lipinski definition) is 6. The molecular weight excluding hydrogens is 303 g/mol. The minimum Gasteiger partial charge on any atom is -0.468 e. The van der Waals surface area contributed by atoms with Crippen LogP contribution in [-0.2, 0) is 26.1 Å². The Morgan fingerprint density at radius 3 is 2.95 bits per heavy atom. The van der Waals surface area contributed by atoms with E-state index >= 15 is 0 Å². The van der Waals surface area contributed by atoms with Gasteiger partial charge in [0, 0.05) is 12.4 Å². The summed E-state index contributed by atoms with van der Waals surface area (Å²) in [5.74, 6) is -1.50. The van der Waals surface area contributed by atoms with E-state index < -0.39 is 26.8 Å². The second-order valence-corrected chi connectivity index (χ2v) is 5.50. The van der Waals surface area contributed by atoms with Gasteiger partial charge in [-0.15, -0.1) is 0 Å². The number of esters is 1. The number of carbonyl (C=O) groups is 1. The van der Waals surface area contributed by atoms with Crippen molar-refractivity contribution in [1.29, 1.82) is 0 Å². The lowest BCUT2D eigenvalue weighted by Gasteiger charge is -2.05. The van der Waals surface area contributed by atoms with Crippen LogP contribution in [0, 0.1) is 5.82 Å². The van der Waals surface area contributed by atoms with Crippen molar-refractivity contribution in [3.63, 3.8) is 0 Å². The van der Waals surface area contributed by atoms with Crippen molar-refractivity contribution < 1.29 is 22.3 Å². The first-order valence-electron chi connectivity index (χ1n) is 5.65. The Hall–Kier alpha value is -2.49. The number of aromatic nitrogens is 3. The molecule has 0 saturated heterocycles. The highest BCUT2D eigenvalue weighted by Gasteiger charge is 2.21. The average Bonchev–Trinajstić information content (AvgIpc) is 2.85. The van der Waals surface area contributed by atoms with Gasteiger partial charge in [0.05, 0.1) is 19.0 Å². The highest BCUT2D eigenvalue weighted by molar-refractivity contribution is 7.92. The van der Waals surface area contributed by atoms with E-state index in [1.165, 1.54) is 36.4 Å². The molecule has 1 N–H and O–H groups in total. The Balaban J connectivity index is 2.18. The lowest BCUT2D eigenvalue weighted by molar-refractivity contribution is -0.141. The van der Waals surface area contributed by atoms with Crippen LogP contribution in [0.4, 0.5) is 10.1 Å². The van der Waals surface area contributed by atoms with E-state index in [1.54, 1.807) is 0 Å². The summed E-state index contributed by atoms with van der Waals surface area (Å²) in [6.45, 7) is -0.170. The molecule has 0 aliphatic carbocycles. The Morgan fingerprint density at radius 2 is 2.29 bits per heavy atom. The number of pyridine rings is 1. The van der Waals surface area contributed by atoms with E-state index in [0.29, 0.717) is 0 Å². The third-order valence-electron chi connectivity index (χ3n) is 2.38. The molecule has 0 spiro atoms. The van der Waals surface area contributed by atoms with E-state index in [0.717, 1.165) is 6.07 Å². The third-order valence-corrected chi connectivity index (χ3v) is 3.70. The maximum absolute atomic E-state index is 13.4. The van der Waals surface area contributed by atoms with Gasteiger partial charge in [-0.05, 0) is 12.1 Å². The molecule has 2 rings (SSSR count). The van der Waals surface area contributed by atoms with Gasteiger partial charge in [0.1, 0.15) is 6.54 Å². The van der Waals surface area contributed by atoms with Crippen LogP contribution >= 0.6 is 0 Å². The van der Waals surface area contributed by atoms with Gasteiger partial charge in [0.15, 0.2) is 5.82 Å². The monoisotopic (exact) mass is 314 g/mol. The Bertz CT molecular complexity index is 759. The number of methoxy groups -OCH3 is 1. The van der Waals surface area contributed by atoms with Gasteiger partial charge < -0.3 is 4.74 Å². The van der Waals surface area contributed by atoms with Crippen LogP contribution in [0.15, 0.2) is 35.7 Å². The molecule has 8 nitrogen and oxygen atoms in total. The SMILES string of the molecule is COC(=O)Cn1cc(NS(=O)(=O)c2ncccc2F)cn1. The first-order valence-corrected chi connectivity index (χ1v) is 7.13. The largest absolute Gasteiger partial charge is 0.468 e. The number of nitrogens with one attached hydrogen (secondary N) is 1. The number of rotatable bonds is 5. The van der Waals surface area contributed by atoms with Crippen LogP contribution in [0.5, 0.6) is 0 Å². The van der Waals surface area contributed by atoms with Crippen molar-refractivity contribution in [3.05, 3.63) is 36.5 Å². The summed E-state index contributed by atoms with van der Waals surface area (Å²) in [6.07, 6.45) is 3.62. The molecule has 2 aromatic heterocycles. The summed E-state index contributed by atoms with van der Waals surface area (Å²) in [6, 6.07) is 2.27. The summed E-state index contributed by atoms with van der Waals surface area (Å²) in [5.41, 5.74) is 0.0731. The number of ether oxygens (including phenoxy) is 1. The number of sulfonamides is 1. The molecule has 0 radical (unpaired) electrons. The second kappa shape index (κ2) is 5.87. The van der Waals surface area contributed by atoms with E-state index in [4.69, 9.17) is 0 Å². The molecule has 0 aliphatic heterocycles. The van der Waals surface area contributed by atoms with Gasteiger partial charge in [0.2, 0.25) is 5.03 Å². The maximum atomic E-state index is 13.4. The first kappa shape index (κ1) is 14.9. The Kier molecular flexibility index (Phi) is 4.17. The van der Waals surface area contributed by atoms with E-state index in [2.05, 4.69) is 19.5 Å². The van der Waals surface area contributed by atoms with E-state index in [-0.39, 0.29) is 12.2 Å². The molecule has 0 bridgehead atoms. The number of carbonyl (C=O) groups excluding carboxylic acids is 1. The predicted molar refractivity (Wildman–Crippen MR) is 69.2 cm³/mol. The number of anilines is 1. The summed E-state index contributed by atoms with van der Waals surface area (Å²) in [5, 5.41) is 3.06. The highest BCUT2D eigenvalue weighted by atomic mass is 32.2. The van der Waals surface area contributed by atoms with Crippen LogP contribution < -0.4 is 4.72 Å². The Labute approximate surface area is 119 Å². The van der Waals surface area contributed by atoms with Crippen LogP contribution in [0.3, 0.4) is 0 Å². The molecular formula is C11H11FN4O4S. The van der Waals surface area contributed by atoms with Gasteiger partial charge in [-0.1, -0.05) is 0 Å².